The number of hydrogen-bond donors (Lipinski definition) is 0. The fourth-order valence-electron chi connectivity index (χ4n) is 2.08. The van der Waals surface area contributed by atoms with Gasteiger partial charge in [-0.2, -0.15) is 4.98 Å². The Labute approximate surface area is 122 Å². The Kier molecular flexibility index (Phi) is 3.48. The monoisotopic (exact) mass is 281 g/mol. The molecule has 0 aliphatic rings. The molecule has 1 aromatic heterocycles. The van der Waals surface area contributed by atoms with Crippen molar-refractivity contribution in [3.8, 4) is 17.1 Å². The third kappa shape index (κ3) is 2.42. The van der Waals surface area contributed by atoms with Gasteiger partial charge in [0.1, 0.15) is 0 Å². The van der Waals surface area contributed by atoms with Crippen LogP contribution in [-0.2, 0) is 0 Å². The molecule has 20 heavy (non-hydrogen) atoms. The molecule has 0 saturated carbocycles. The van der Waals surface area contributed by atoms with Crippen LogP contribution in [0.4, 0.5) is 0 Å². The largest absolute Gasteiger partial charge is 0.260 e. The topological polar surface area (TPSA) is 30.2 Å². The van der Waals surface area contributed by atoms with Crippen LogP contribution < -0.4 is 4.80 Å². The van der Waals surface area contributed by atoms with E-state index in [0.29, 0.717) is 0 Å². The van der Waals surface area contributed by atoms with E-state index in [2.05, 4.69) is 57.3 Å². The first kappa shape index (κ1) is 12.8. The summed E-state index contributed by atoms with van der Waals surface area (Å²) >= 11 is 1.55. The molecule has 0 amide bonds. The van der Waals surface area contributed by atoms with Gasteiger partial charge in [0.2, 0.25) is 4.80 Å². The zero-order valence-corrected chi connectivity index (χ0v) is 12.3. The smallest absolute Gasteiger partial charge is 0.222 e. The summed E-state index contributed by atoms with van der Waals surface area (Å²) < 4.78 is 2.12. The fourth-order valence-corrected chi connectivity index (χ4v) is 2.91. The van der Waals surface area contributed by atoms with Gasteiger partial charge < -0.3 is 0 Å². The van der Waals surface area contributed by atoms with Gasteiger partial charge in [-0.25, -0.2) is 3.96 Å². The molecular formula is C16H15N3S. The first-order valence-corrected chi connectivity index (χ1v) is 7.21. The van der Waals surface area contributed by atoms with Crippen LogP contribution in [0.2, 0.25) is 0 Å². The lowest BCUT2D eigenvalue weighted by Gasteiger charge is -2.06. The van der Waals surface area contributed by atoms with E-state index < -0.39 is 0 Å². The van der Waals surface area contributed by atoms with Gasteiger partial charge >= 0.3 is 0 Å². The minimum absolute atomic E-state index is 0.783. The average Bonchev–Trinajstić information content (AvgIpc) is 2.92. The first-order chi connectivity index (χ1) is 9.78. The summed E-state index contributed by atoms with van der Waals surface area (Å²) in [7, 11) is 1.77. The predicted molar refractivity (Wildman–Crippen MR) is 83.1 cm³/mol. The van der Waals surface area contributed by atoms with Gasteiger partial charge in [0.05, 0.1) is 5.69 Å². The van der Waals surface area contributed by atoms with Crippen LogP contribution >= 0.6 is 11.5 Å². The number of benzene rings is 2. The molecule has 4 heteroatoms. The van der Waals surface area contributed by atoms with Crippen molar-refractivity contribution in [3.63, 3.8) is 0 Å². The third-order valence-corrected chi connectivity index (χ3v) is 4.03. The standard InChI is InChI=1S/C16H15N3S/c1-12-7-6-8-13(11-12)15-18-16(17-2)20-19(15)14-9-4-3-5-10-14/h3-11H,1-2H3. The minimum atomic E-state index is 0.783. The van der Waals surface area contributed by atoms with Crippen LogP contribution in [0.25, 0.3) is 17.1 Å². The number of aromatic nitrogens is 2. The molecule has 3 rings (SSSR count). The lowest BCUT2D eigenvalue weighted by atomic mass is 10.1. The van der Waals surface area contributed by atoms with Crippen molar-refractivity contribution < 1.29 is 0 Å². The van der Waals surface area contributed by atoms with Crippen molar-refractivity contribution in [2.24, 2.45) is 4.99 Å². The summed E-state index contributed by atoms with van der Waals surface area (Å²) in [6.45, 7) is 2.09. The quantitative estimate of drug-likeness (QED) is 0.707. The molecule has 0 spiro atoms. The second-order valence-corrected chi connectivity index (χ2v) is 5.45. The van der Waals surface area contributed by atoms with Gasteiger partial charge in [-0.15, -0.1) is 0 Å². The highest BCUT2D eigenvalue weighted by Gasteiger charge is 2.10. The molecular weight excluding hydrogens is 266 g/mol. The predicted octanol–water partition coefficient (Wildman–Crippen LogP) is 3.44. The van der Waals surface area contributed by atoms with E-state index in [4.69, 9.17) is 0 Å². The van der Waals surface area contributed by atoms with Crippen molar-refractivity contribution >= 4 is 11.5 Å². The van der Waals surface area contributed by atoms with E-state index in [0.717, 1.165) is 21.9 Å². The van der Waals surface area contributed by atoms with Crippen LogP contribution in [0.3, 0.4) is 0 Å². The molecule has 0 aliphatic carbocycles. The maximum atomic E-state index is 4.63. The highest BCUT2D eigenvalue weighted by Crippen LogP contribution is 2.22. The lowest BCUT2D eigenvalue weighted by Crippen LogP contribution is -1.96. The summed E-state index contributed by atoms with van der Waals surface area (Å²) in [6, 6.07) is 18.6. The zero-order valence-electron chi connectivity index (χ0n) is 11.4. The van der Waals surface area contributed by atoms with Gasteiger partial charge in [0.25, 0.3) is 0 Å². The van der Waals surface area contributed by atoms with Crippen LogP contribution in [0.5, 0.6) is 0 Å². The summed E-state index contributed by atoms with van der Waals surface area (Å²) in [4.78, 5) is 9.63. The molecule has 0 saturated heterocycles. The van der Waals surface area contributed by atoms with E-state index in [9.17, 15) is 0 Å². The Morgan fingerprint density at radius 3 is 2.55 bits per heavy atom. The molecule has 100 valence electrons. The second-order valence-electron chi connectivity index (χ2n) is 4.53. The number of rotatable bonds is 2. The molecule has 1 heterocycles. The number of aryl methyl sites for hydroxylation is 1. The summed E-state index contributed by atoms with van der Waals surface area (Å²) in [5, 5.41) is 0. The molecule has 0 aliphatic heterocycles. The van der Waals surface area contributed by atoms with Crippen LogP contribution in [0, 0.1) is 6.92 Å². The molecule has 0 atom stereocenters. The molecule has 3 aromatic rings. The molecule has 0 fully saturated rings. The van der Waals surface area contributed by atoms with E-state index in [1.807, 2.05) is 18.2 Å². The van der Waals surface area contributed by atoms with E-state index in [1.165, 1.54) is 5.56 Å². The number of para-hydroxylation sites is 1. The highest BCUT2D eigenvalue weighted by molar-refractivity contribution is 7.04. The van der Waals surface area contributed by atoms with Crippen molar-refractivity contribution in [1.82, 2.24) is 8.94 Å². The minimum Gasteiger partial charge on any atom is -0.260 e. The summed E-state index contributed by atoms with van der Waals surface area (Å²) in [5.41, 5.74) is 3.45. The maximum absolute atomic E-state index is 4.63. The Balaban J connectivity index is 2.23. The average molecular weight is 281 g/mol. The lowest BCUT2D eigenvalue weighted by molar-refractivity contribution is 1.11. The SMILES string of the molecule is CN=c1nc(-c2cccc(C)c2)n(-c2ccccc2)s1. The fraction of sp³-hybridized carbons (Fsp3) is 0.125. The molecule has 3 nitrogen and oxygen atoms in total. The highest BCUT2D eigenvalue weighted by atomic mass is 32.1. The van der Waals surface area contributed by atoms with E-state index >= 15 is 0 Å². The Morgan fingerprint density at radius 2 is 1.85 bits per heavy atom. The summed E-state index contributed by atoms with van der Waals surface area (Å²) in [5.74, 6) is 0.936. The second kappa shape index (κ2) is 5.43. The summed E-state index contributed by atoms with van der Waals surface area (Å²) in [6.07, 6.45) is 0. The molecule has 2 aromatic carbocycles. The van der Waals surface area contributed by atoms with Crippen molar-refractivity contribution in [2.75, 3.05) is 7.05 Å². The number of nitrogens with zero attached hydrogens (tertiary/aromatic N) is 3. The van der Waals surface area contributed by atoms with Crippen LogP contribution in [0.15, 0.2) is 59.6 Å². The molecule has 0 bridgehead atoms. The molecule has 0 N–H and O–H groups in total. The van der Waals surface area contributed by atoms with Gasteiger partial charge in [0, 0.05) is 12.6 Å². The van der Waals surface area contributed by atoms with Crippen molar-refractivity contribution in [3.05, 3.63) is 65.0 Å². The Bertz CT molecular complexity index is 785. The third-order valence-electron chi connectivity index (χ3n) is 3.03. The molecule has 0 radical (unpaired) electrons. The Morgan fingerprint density at radius 1 is 1.05 bits per heavy atom. The Hall–Kier alpha value is -2.20. The van der Waals surface area contributed by atoms with E-state index in [-0.39, 0.29) is 0 Å². The van der Waals surface area contributed by atoms with Crippen molar-refractivity contribution in [1.29, 1.82) is 0 Å². The van der Waals surface area contributed by atoms with Gasteiger partial charge in [-0.05, 0) is 36.7 Å². The van der Waals surface area contributed by atoms with E-state index in [1.54, 1.807) is 18.6 Å². The first-order valence-electron chi connectivity index (χ1n) is 6.43. The number of hydrogen-bond acceptors (Lipinski definition) is 3. The van der Waals surface area contributed by atoms with Gasteiger partial charge in [0.15, 0.2) is 5.82 Å². The van der Waals surface area contributed by atoms with Gasteiger partial charge in [-0.3, -0.25) is 4.99 Å². The molecule has 0 unspecified atom stereocenters. The van der Waals surface area contributed by atoms with Crippen LogP contribution in [-0.4, -0.2) is 16.0 Å². The van der Waals surface area contributed by atoms with Gasteiger partial charge in [-0.1, -0.05) is 42.0 Å². The normalized spacial score (nSPS) is 11.8. The van der Waals surface area contributed by atoms with Crippen LogP contribution in [0.1, 0.15) is 5.56 Å². The zero-order chi connectivity index (χ0) is 13.9. The maximum Gasteiger partial charge on any atom is 0.222 e. The van der Waals surface area contributed by atoms with Crippen molar-refractivity contribution in [2.45, 2.75) is 6.92 Å².